The second-order valence-corrected chi connectivity index (χ2v) is 6.01. The van der Waals surface area contributed by atoms with E-state index in [0.717, 1.165) is 12.0 Å². The van der Waals surface area contributed by atoms with Crippen molar-refractivity contribution in [3.63, 3.8) is 0 Å². The highest BCUT2D eigenvalue weighted by Crippen LogP contribution is 2.21. The number of rotatable bonds is 9. The third kappa shape index (κ3) is 5.55. The first-order chi connectivity index (χ1) is 12.2. The van der Waals surface area contributed by atoms with Crippen molar-refractivity contribution in [2.75, 3.05) is 6.61 Å². The molecule has 0 bridgehead atoms. The van der Waals surface area contributed by atoms with Crippen molar-refractivity contribution >= 4 is 5.97 Å². The van der Waals surface area contributed by atoms with Gasteiger partial charge in [0.05, 0.1) is 6.61 Å². The molecule has 5 nitrogen and oxygen atoms in total. The number of esters is 1. The molecule has 5 heteroatoms. The van der Waals surface area contributed by atoms with Gasteiger partial charge in [-0.2, -0.15) is 4.98 Å². The number of unbranched alkanes of at least 4 members (excludes halogenated alkanes) is 4. The average molecular weight is 342 g/mol. The van der Waals surface area contributed by atoms with E-state index in [4.69, 9.17) is 4.74 Å². The van der Waals surface area contributed by atoms with Crippen molar-refractivity contribution in [1.82, 2.24) is 9.97 Å². The van der Waals surface area contributed by atoms with Crippen LogP contribution in [0.15, 0.2) is 30.5 Å². The van der Waals surface area contributed by atoms with E-state index in [1.54, 1.807) is 6.92 Å². The maximum absolute atomic E-state index is 11.7. The van der Waals surface area contributed by atoms with Crippen LogP contribution >= 0.6 is 0 Å². The number of aromatic hydroxyl groups is 1. The van der Waals surface area contributed by atoms with Crippen molar-refractivity contribution in [3.8, 4) is 17.3 Å². The van der Waals surface area contributed by atoms with Gasteiger partial charge < -0.3 is 9.84 Å². The van der Waals surface area contributed by atoms with E-state index in [1.165, 1.54) is 43.9 Å². The van der Waals surface area contributed by atoms with Crippen LogP contribution in [-0.4, -0.2) is 27.7 Å². The van der Waals surface area contributed by atoms with E-state index in [1.807, 2.05) is 12.1 Å². The summed E-state index contributed by atoms with van der Waals surface area (Å²) < 4.78 is 4.85. The van der Waals surface area contributed by atoms with Gasteiger partial charge in [-0.25, -0.2) is 9.78 Å². The van der Waals surface area contributed by atoms with Gasteiger partial charge in [0.2, 0.25) is 5.88 Å². The van der Waals surface area contributed by atoms with E-state index in [2.05, 4.69) is 29.0 Å². The smallest absolute Gasteiger partial charge is 0.345 e. The number of carbonyl (C=O) groups excluding carboxylic acids is 1. The Morgan fingerprint density at radius 2 is 1.80 bits per heavy atom. The molecule has 0 atom stereocenters. The van der Waals surface area contributed by atoms with Crippen LogP contribution in [0.2, 0.25) is 0 Å². The molecule has 0 aliphatic rings. The lowest BCUT2D eigenvalue weighted by atomic mass is 10.0. The molecule has 1 aromatic heterocycles. The summed E-state index contributed by atoms with van der Waals surface area (Å²) in [5.41, 5.74) is 2.07. The number of hydrogen-bond acceptors (Lipinski definition) is 5. The normalized spacial score (nSPS) is 10.6. The number of ether oxygens (including phenoxy) is 1. The van der Waals surface area contributed by atoms with Crippen LogP contribution in [0, 0.1) is 0 Å². The van der Waals surface area contributed by atoms with Gasteiger partial charge in [0.1, 0.15) is 5.56 Å². The van der Waals surface area contributed by atoms with Gasteiger partial charge in [-0.3, -0.25) is 0 Å². The molecule has 0 aliphatic carbocycles. The molecule has 0 aliphatic heterocycles. The molecule has 1 N–H and O–H groups in total. The molecule has 0 amide bonds. The standard InChI is InChI=1S/C20H26N2O3/c1-3-5-6-7-8-9-15-10-12-16(13-11-15)18-21-14-17(19(23)22-18)20(24)25-4-2/h10-14H,3-9H2,1-2H3,(H,21,22,23). The monoisotopic (exact) mass is 342 g/mol. The molecule has 0 saturated carbocycles. The Labute approximate surface area is 149 Å². The lowest BCUT2D eigenvalue weighted by molar-refractivity contribution is 0.0521. The minimum Gasteiger partial charge on any atom is -0.493 e. The van der Waals surface area contributed by atoms with Gasteiger partial charge in [0.15, 0.2) is 5.82 Å². The second-order valence-electron chi connectivity index (χ2n) is 6.01. The first kappa shape index (κ1) is 18.9. The van der Waals surface area contributed by atoms with Gasteiger partial charge in [-0.1, -0.05) is 56.9 Å². The van der Waals surface area contributed by atoms with Crippen LogP contribution < -0.4 is 0 Å². The summed E-state index contributed by atoms with van der Waals surface area (Å²) in [7, 11) is 0. The highest BCUT2D eigenvalue weighted by atomic mass is 16.5. The highest BCUT2D eigenvalue weighted by molar-refractivity contribution is 5.91. The van der Waals surface area contributed by atoms with Crippen LogP contribution in [-0.2, 0) is 11.2 Å². The Morgan fingerprint density at radius 3 is 2.44 bits per heavy atom. The Bertz CT molecular complexity index is 684. The summed E-state index contributed by atoms with van der Waals surface area (Å²) in [6.45, 7) is 4.16. The molecule has 1 heterocycles. The third-order valence-electron chi connectivity index (χ3n) is 4.05. The molecule has 134 valence electrons. The number of carbonyl (C=O) groups is 1. The molecule has 1 aromatic carbocycles. The van der Waals surface area contributed by atoms with Crippen molar-refractivity contribution < 1.29 is 14.6 Å². The van der Waals surface area contributed by atoms with Gasteiger partial charge in [-0.05, 0) is 25.3 Å². The molecule has 25 heavy (non-hydrogen) atoms. The maximum atomic E-state index is 11.7. The van der Waals surface area contributed by atoms with Gasteiger partial charge in [0.25, 0.3) is 0 Å². The van der Waals surface area contributed by atoms with Crippen LogP contribution in [0.25, 0.3) is 11.4 Å². The topological polar surface area (TPSA) is 72.3 Å². The first-order valence-corrected chi connectivity index (χ1v) is 8.98. The van der Waals surface area contributed by atoms with Crippen LogP contribution in [0.3, 0.4) is 0 Å². The fraction of sp³-hybridized carbons (Fsp3) is 0.450. The van der Waals surface area contributed by atoms with Gasteiger partial charge in [-0.15, -0.1) is 0 Å². The summed E-state index contributed by atoms with van der Waals surface area (Å²) >= 11 is 0. The summed E-state index contributed by atoms with van der Waals surface area (Å²) in [6, 6.07) is 8.02. The van der Waals surface area contributed by atoms with Crippen molar-refractivity contribution in [2.24, 2.45) is 0 Å². The molecule has 0 saturated heterocycles. The van der Waals surface area contributed by atoms with Crippen LogP contribution in [0.4, 0.5) is 0 Å². The van der Waals surface area contributed by atoms with E-state index < -0.39 is 5.97 Å². The summed E-state index contributed by atoms with van der Waals surface area (Å²) in [4.78, 5) is 19.8. The lowest BCUT2D eigenvalue weighted by Gasteiger charge is -2.06. The second kappa shape index (κ2) is 9.77. The van der Waals surface area contributed by atoms with Gasteiger partial charge >= 0.3 is 5.97 Å². The molecule has 0 unspecified atom stereocenters. The number of nitrogens with zero attached hydrogens (tertiary/aromatic N) is 2. The first-order valence-electron chi connectivity index (χ1n) is 8.98. The van der Waals surface area contributed by atoms with Crippen molar-refractivity contribution in [3.05, 3.63) is 41.6 Å². The molecule has 2 rings (SSSR count). The van der Waals surface area contributed by atoms with Crippen molar-refractivity contribution in [1.29, 1.82) is 0 Å². The average Bonchev–Trinajstić information content (AvgIpc) is 2.62. The largest absolute Gasteiger partial charge is 0.493 e. The molecule has 0 radical (unpaired) electrons. The fourth-order valence-corrected chi connectivity index (χ4v) is 2.62. The summed E-state index contributed by atoms with van der Waals surface area (Å²) in [5.74, 6) is -0.589. The summed E-state index contributed by atoms with van der Waals surface area (Å²) in [6.07, 6.45) is 8.70. The summed E-state index contributed by atoms with van der Waals surface area (Å²) in [5, 5.41) is 9.94. The molecular weight excluding hydrogens is 316 g/mol. The van der Waals surface area contributed by atoms with E-state index >= 15 is 0 Å². The molecular formula is C20H26N2O3. The van der Waals surface area contributed by atoms with Crippen molar-refractivity contribution in [2.45, 2.75) is 52.4 Å². The Hall–Kier alpha value is -2.43. The molecule has 0 spiro atoms. The fourth-order valence-electron chi connectivity index (χ4n) is 2.62. The van der Waals surface area contributed by atoms with E-state index in [-0.39, 0.29) is 18.1 Å². The van der Waals surface area contributed by atoms with E-state index in [9.17, 15) is 9.90 Å². The van der Waals surface area contributed by atoms with E-state index in [0.29, 0.717) is 5.82 Å². The minimum absolute atomic E-state index is 0.0192. The number of aryl methyl sites for hydroxylation is 1. The quantitative estimate of drug-likeness (QED) is 0.535. The minimum atomic E-state index is -0.620. The zero-order valence-corrected chi connectivity index (χ0v) is 15.0. The van der Waals surface area contributed by atoms with Gasteiger partial charge in [0, 0.05) is 11.8 Å². The Balaban J connectivity index is 1.99. The number of benzene rings is 1. The lowest BCUT2D eigenvalue weighted by Crippen LogP contribution is -2.07. The Morgan fingerprint density at radius 1 is 1.08 bits per heavy atom. The SMILES string of the molecule is CCCCCCCc1ccc(-c2ncc(C(=O)OCC)c(O)n2)cc1. The maximum Gasteiger partial charge on any atom is 0.345 e. The molecule has 0 fully saturated rings. The number of aromatic nitrogens is 2. The zero-order chi connectivity index (χ0) is 18.1. The molecule has 2 aromatic rings. The predicted octanol–water partition coefficient (Wildman–Crippen LogP) is 4.54. The zero-order valence-electron chi connectivity index (χ0n) is 15.0. The predicted molar refractivity (Wildman–Crippen MR) is 97.6 cm³/mol. The Kier molecular flexibility index (Phi) is 7.38. The van der Waals surface area contributed by atoms with Crippen LogP contribution in [0.1, 0.15) is 61.9 Å². The highest BCUT2D eigenvalue weighted by Gasteiger charge is 2.15. The van der Waals surface area contributed by atoms with Crippen LogP contribution in [0.5, 0.6) is 5.88 Å². The number of hydrogen-bond donors (Lipinski definition) is 1. The third-order valence-corrected chi connectivity index (χ3v) is 4.05.